The van der Waals surface area contributed by atoms with Crippen LogP contribution in [0.1, 0.15) is 33.6 Å². The van der Waals surface area contributed by atoms with Crippen molar-refractivity contribution in [2.75, 3.05) is 19.6 Å². The van der Waals surface area contributed by atoms with Gasteiger partial charge in [-0.05, 0) is 40.2 Å². The molecular weight excluding hydrogens is 308 g/mol. The smallest absolute Gasteiger partial charge is 0.323 e. The lowest BCUT2D eigenvalue weighted by molar-refractivity contribution is -0.134. The molecular formula is C16H26N6O2. The van der Waals surface area contributed by atoms with Crippen molar-refractivity contribution < 1.29 is 9.59 Å². The number of rotatable bonds is 5. The quantitative estimate of drug-likeness (QED) is 0.802. The molecule has 0 spiro atoms. The van der Waals surface area contributed by atoms with Gasteiger partial charge in [0.15, 0.2) is 0 Å². The molecule has 1 aromatic rings. The number of hydrogen-bond acceptors (Lipinski definition) is 5. The minimum absolute atomic E-state index is 0.0920. The Morgan fingerprint density at radius 3 is 2.79 bits per heavy atom. The highest BCUT2D eigenvalue weighted by molar-refractivity contribution is 6.07. The summed E-state index contributed by atoms with van der Waals surface area (Å²) in [5.74, 6) is 0.0350. The molecule has 0 aliphatic carbocycles. The summed E-state index contributed by atoms with van der Waals surface area (Å²) >= 11 is 0. The molecule has 0 bridgehead atoms. The van der Waals surface area contributed by atoms with Gasteiger partial charge in [0.05, 0.1) is 6.54 Å². The Hall–Kier alpha value is -1.96. The molecule has 24 heavy (non-hydrogen) atoms. The number of aromatic nitrogens is 3. The number of nitrogens with zero attached hydrogens (tertiary/aromatic N) is 5. The van der Waals surface area contributed by atoms with Crippen LogP contribution in [0.25, 0.3) is 0 Å². The zero-order valence-electron chi connectivity index (χ0n) is 14.6. The zero-order valence-corrected chi connectivity index (χ0v) is 14.6. The molecule has 1 aromatic heterocycles. The topological polar surface area (TPSA) is 83.4 Å². The highest BCUT2D eigenvalue weighted by Crippen LogP contribution is 2.33. The molecule has 3 heterocycles. The monoisotopic (exact) mass is 334 g/mol. The van der Waals surface area contributed by atoms with Gasteiger partial charge >= 0.3 is 6.03 Å². The fourth-order valence-electron chi connectivity index (χ4n) is 3.75. The molecule has 2 aliphatic rings. The number of likely N-dealkylation sites (tertiary alicyclic amines) is 1. The molecule has 2 saturated heterocycles. The van der Waals surface area contributed by atoms with Gasteiger partial charge in [-0.15, -0.1) is 0 Å². The number of nitrogens with one attached hydrogen (secondary N) is 1. The molecule has 1 N–H and O–H groups in total. The Bertz CT molecular complexity index is 602. The zero-order chi connectivity index (χ0) is 17.3. The van der Waals surface area contributed by atoms with Crippen molar-refractivity contribution in [1.82, 2.24) is 29.9 Å². The van der Waals surface area contributed by atoms with E-state index in [2.05, 4.69) is 20.3 Å². The number of hydrogen-bond donors (Lipinski definition) is 1. The Morgan fingerprint density at radius 2 is 2.17 bits per heavy atom. The first kappa shape index (κ1) is 16.9. The van der Waals surface area contributed by atoms with Gasteiger partial charge in [-0.1, -0.05) is 0 Å². The van der Waals surface area contributed by atoms with E-state index in [1.165, 1.54) is 11.2 Å². The van der Waals surface area contributed by atoms with Gasteiger partial charge in [0, 0.05) is 25.0 Å². The van der Waals surface area contributed by atoms with Crippen molar-refractivity contribution >= 4 is 11.9 Å². The fraction of sp³-hybridized carbons (Fsp3) is 0.750. The molecule has 3 rings (SSSR count). The molecule has 0 radical (unpaired) electrons. The van der Waals surface area contributed by atoms with Gasteiger partial charge in [-0.3, -0.25) is 14.4 Å². The largest absolute Gasteiger partial charge is 0.325 e. The van der Waals surface area contributed by atoms with Crippen LogP contribution in [0.4, 0.5) is 4.79 Å². The maximum Gasteiger partial charge on any atom is 0.325 e. The van der Waals surface area contributed by atoms with Crippen molar-refractivity contribution in [1.29, 1.82) is 0 Å². The van der Waals surface area contributed by atoms with Crippen molar-refractivity contribution in [3.05, 3.63) is 12.7 Å². The van der Waals surface area contributed by atoms with Crippen LogP contribution < -0.4 is 5.32 Å². The lowest BCUT2D eigenvalue weighted by Gasteiger charge is -2.39. The summed E-state index contributed by atoms with van der Waals surface area (Å²) in [6.07, 6.45) is 5.23. The van der Waals surface area contributed by atoms with E-state index in [1.54, 1.807) is 6.33 Å². The predicted octanol–water partition coefficient (Wildman–Crippen LogP) is 0.709. The summed E-state index contributed by atoms with van der Waals surface area (Å²) in [4.78, 5) is 32.7. The number of urea groups is 1. The van der Waals surface area contributed by atoms with Crippen LogP contribution in [-0.4, -0.2) is 67.7 Å². The predicted molar refractivity (Wildman–Crippen MR) is 88.1 cm³/mol. The summed E-state index contributed by atoms with van der Waals surface area (Å²) in [5.41, 5.74) is -0.798. The molecule has 3 amide bonds. The molecule has 8 nitrogen and oxygen atoms in total. The number of carbonyl (C=O) groups is 2. The second-order valence-electron chi connectivity index (χ2n) is 7.20. The molecule has 2 fully saturated rings. The van der Waals surface area contributed by atoms with Crippen molar-refractivity contribution in [3.8, 4) is 0 Å². The van der Waals surface area contributed by atoms with Crippen LogP contribution in [0.5, 0.6) is 0 Å². The van der Waals surface area contributed by atoms with Crippen LogP contribution in [0.2, 0.25) is 0 Å². The molecule has 0 unspecified atom stereocenters. The third-order valence-electron chi connectivity index (χ3n) is 5.20. The molecule has 0 aromatic carbocycles. The highest BCUT2D eigenvalue weighted by atomic mass is 16.2. The summed E-state index contributed by atoms with van der Waals surface area (Å²) in [6.45, 7) is 9.08. The van der Waals surface area contributed by atoms with Gasteiger partial charge in [0.2, 0.25) is 0 Å². The minimum atomic E-state index is -0.798. The maximum absolute atomic E-state index is 12.8. The van der Waals surface area contributed by atoms with E-state index in [0.717, 1.165) is 39.0 Å². The van der Waals surface area contributed by atoms with Crippen molar-refractivity contribution in [2.24, 2.45) is 5.92 Å². The number of imide groups is 1. The highest BCUT2D eigenvalue weighted by Gasteiger charge is 2.53. The van der Waals surface area contributed by atoms with E-state index < -0.39 is 5.54 Å². The minimum Gasteiger partial charge on any atom is -0.323 e. The van der Waals surface area contributed by atoms with E-state index in [-0.39, 0.29) is 23.9 Å². The number of carbonyl (C=O) groups excluding carboxylic acids is 2. The van der Waals surface area contributed by atoms with E-state index in [1.807, 2.05) is 25.5 Å². The van der Waals surface area contributed by atoms with E-state index in [0.29, 0.717) is 0 Å². The molecule has 132 valence electrons. The number of piperidine rings is 1. The average molecular weight is 334 g/mol. The van der Waals surface area contributed by atoms with Gasteiger partial charge in [-0.25, -0.2) is 9.78 Å². The molecule has 0 saturated carbocycles. The van der Waals surface area contributed by atoms with Crippen molar-refractivity contribution in [2.45, 2.75) is 51.7 Å². The van der Waals surface area contributed by atoms with Gasteiger partial charge in [0.25, 0.3) is 5.91 Å². The van der Waals surface area contributed by atoms with E-state index in [4.69, 9.17) is 0 Å². The number of amides is 3. The van der Waals surface area contributed by atoms with Crippen LogP contribution in [0.15, 0.2) is 12.7 Å². The summed E-state index contributed by atoms with van der Waals surface area (Å²) in [5, 5.41) is 7.08. The van der Waals surface area contributed by atoms with Gasteiger partial charge in [-0.2, -0.15) is 5.10 Å². The molecule has 8 heteroatoms. The second-order valence-corrected chi connectivity index (χ2v) is 7.20. The van der Waals surface area contributed by atoms with E-state index in [9.17, 15) is 9.59 Å². The van der Waals surface area contributed by atoms with Crippen LogP contribution in [-0.2, 0) is 11.3 Å². The standard InChI is InChI=1S/C16H26N6O2/c1-12(2)22-14(23)16(3,19-15(22)24)13-5-4-6-20(9-13)7-8-21-11-17-10-18-21/h10-13H,4-9H2,1-3H3,(H,19,24)/t13-,16+/m0/s1. The Balaban J connectivity index is 1.65. The van der Waals surface area contributed by atoms with Gasteiger partial charge in [0.1, 0.15) is 18.2 Å². The summed E-state index contributed by atoms with van der Waals surface area (Å²) < 4.78 is 1.81. The van der Waals surface area contributed by atoms with Crippen LogP contribution in [0, 0.1) is 5.92 Å². The SMILES string of the molecule is CC(C)N1C(=O)N[C@](C)([C@H]2CCCN(CCn3cncn3)C2)C1=O. The first-order valence-corrected chi connectivity index (χ1v) is 8.62. The lowest BCUT2D eigenvalue weighted by Crippen LogP contribution is -2.56. The third kappa shape index (κ3) is 3.02. The van der Waals surface area contributed by atoms with Crippen molar-refractivity contribution in [3.63, 3.8) is 0 Å². The molecule has 2 aliphatic heterocycles. The lowest BCUT2D eigenvalue weighted by atomic mass is 9.80. The fourth-order valence-corrected chi connectivity index (χ4v) is 3.75. The second kappa shape index (κ2) is 6.51. The van der Waals surface area contributed by atoms with Crippen LogP contribution in [0.3, 0.4) is 0 Å². The first-order valence-electron chi connectivity index (χ1n) is 8.62. The maximum atomic E-state index is 12.8. The van der Waals surface area contributed by atoms with Crippen LogP contribution >= 0.6 is 0 Å². The summed E-state index contributed by atoms with van der Waals surface area (Å²) in [7, 11) is 0. The Labute approximate surface area is 142 Å². The van der Waals surface area contributed by atoms with E-state index >= 15 is 0 Å². The Morgan fingerprint density at radius 1 is 1.38 bits per heavy atom. The summed E-state index contributed by atoms with van der Waals surface area (Å²) in [6, 6.07) is -0.386. The molecule has 2 atom stereocenters. The average Bonchev–Trinajstić information content (AvgIpc) is 3.13. The first-order chi connectivity index (χ1) is 11.4. The normalized spacial score (nSPS) is 28.7. The Kier molecular flexibility index (Phi) is 4.58. The third-order valence-corrected chi connectivity index (χ3v) is 5.20. The van der Waals surface area contributed by atoms with Gasteiger partial charge < -0.3 is 10.2 Å².